The predicted molar refractivity (Wildman–Crippen MR) is 122 cm³/mol. The van der Waals surface area contributed by atoms with Crippen LogP contribution >= 0.6 is 23.1 Å². The summed E-state index contributed by atoms with van der Waals surface area (Å²) in [4.78, 5) is 29.2. The number of carbonyl (C=O) groups is 2. The maximum absolute atomic E-state index is 12.9. The molecule has 1 aromatic carbocycles. The van der Waals surface area contributed by atoms with Crippen molar-refractivity contribution in [3.05, 3.63) is 57.2 Å². The number of ketones is 1. The Hall–Kier alpha value is -3.29. The number of Topliss-reactive ketones (excluding diaryl/α,β-unsaturated/α-hetero) is 1. The molecule has 2 aromatic rings. The van der Waals surface area contributed by atoms with E-state index in [9.17, 15) is 20.0 Å². The lowest BCUT2D eigenvalue weighted by Crippen LogP contribution is -2.31. The number of hydrogen-bond acceptors (Lipinski definition) is 9. The van der Waals surface area contributed by atoms with Crippen molar-refractivity contribution >= 4 is 39.9 Å². The average molecular weight is 469 g/mol. The second-order valence-electron chi connectivity index (χ2n) is 7.19. The lowest BCUT2D eigenvalue weighted by molar-refractivity contribution is -0.116. The van der Waals surface area contributed by atoms with Gasteiger partial charge in [0.25, 0.3) is 0 Å². The van der Waals surface area contributed by atoms with Crippen LogP contribution < -0.4 is 15.4 Å². The van der Waals surface area contributed by atoms with Crippen LogP contribution in [0.5, 0.6) is 11.5 Å². The molecule has 0 radical (unpaired) electrons. The molecule has 0 unspecified atom stereocenters. The van der Waals surface area contributed by atoms with Crippen LogP contribution in [0, 0.1) is 11.3 Å². The van der Waals surface area contributed by atoms with Gasteiger partial charge in [-0.15, -0.1) is 11.3 Å². The number of benzene rings is 1. The normalized spacial score (nSPS) is 18.0. The molecule has 10 heteroatoms. The van der Waals surface area contributed by atoms with Crippen molar-refractivity contribution < 1.29 is 19.4 Å². The standard InChI is InChI=1S/C22H20N4O4S2/c1-30-17-9-12(5-6-15(17)27)19-13(10-23)21(25-14-3-2-4-16(28)20(14)19)32-11-18(29)26-22-24-7-8-31-22/h5-9,19,25,27H,2-4,11H2,1H3,(H,24,26,29)/t19-/m1/s1. The highest BCUT2D eigenvalue weighted by Crippen LogP contribution is 2.45. The van der Waals surface area contributed by atoms with Gasteiger partial charge in [0.15, 0.2) is 22.4 Å². The Kier molecular flexibility index (Phi) is 6.48. The minimum atomic E-state index is -0.594. The average Bonchev–Trinajstić information content (AvgIpc) is 3.30. The maximum atomic E-state index is 12.9. The summed E-state index contributed by atoms with van der Waals surface area (Å²) < 4.78 is 5.24. The Labute approximate surface area is 193 Å². The van der Waals surface area contributed by atoms with Gasteiger partial charge in [-0.05, 0) is 30.5 Å². The quantitative estimate of drug-likeness (QED) is 0.587. The number of phenols is 1. The zero-order chi connectivity index (χ0) is 22.7. The zero-order valence-corrected chi connectivity index (χ0v) is 18.8. The molecule has 1 atom stereocenters. The molecular weight excluding hydrogens is 448 g/mol. The lowest BCUT2D eigenvalue weighted by atomic mass is 9.77. The van der Waals surface area contributed by atoms with E-state index in [0.29, 0.717) is 39.7 Å². The van der Waals surface area contributed by atoms with Gasteiger partial charge in [-0.2, -0.15) is 5.26 Å². The zero-order valence-electron chi connectivity index (χ0n) is 17.2. The smallest absolute Gasteiger partial charge is 0.236 e. The minimum Gasteiger partial charge on any atom is -0.504 e. The number of amides is 1. The van der Waals surface area contributed by atoms with E-state index in [1.54, 1.807) is 23.7 Å². The first-order valence-corrected chi connectivity index (χ1v) is 11.7. The van der Waals surface area contributed by atoms with Crippen LogP contribution in [-0.4, -0.2) is 34.6 Å². The van der Waals surface area contributed by atoms with Crippen molar-refractivity contribution in [1.29, 1.82) is 5.26 Å². The molecule has 0 spiro atoms. The van der Waals surface area contributed by atoms with Gasteiger partial charge < -0.3 is 20.5 Å². The van der Waals surface area contributed by atoms with E-state index in [2.05, 4.69) is 21.7 Å². The highest BCUT2D eigenvalue weighted by atomic mass is 32.2. The van der Waals surface area contributed by atoms with Gasteiger partial charge in [0.05, 0.1) is 35.5 Å². The summed E-state index contributed by atoms with van der Waals surface area (Å²) >= 11 is 2.54. The van der Waals surface area contributed by atoms with Gasteiger partial charge in [-0.1, -0.05) is 17.8 Å². The number of carbonyl (C=O) groups excluding carboxylic acids is 2. The third-order valence-electron chi connectivity index (χ3n) is 5.23. The van der Waals surface area contributed by atoms with Crippen LogP contribution in [0.15, 0.2) is 51.6 Å². The van der Waals surface area contributed by atoms with Gasteiger partial charge >= 0.3 is 0 Å². The van der Waals surface area contributed by atoms with E-state index >= 15 is 0 Å². The monoisotopic (exact) mass is 468 g/mol. The number of nitrogens with one attached hydrogen (secondary N) is 2. The predicted octanol–water partition coefficient (Wildman–Crippen LogP) is 3.66. The van der Waals surface area contributed by atoms with Crippen LogP contribution in [-0.2, 0) is 9.59 Å². The third kappa shape index (κ3) is 4.35. The molecule has 1 aliphatic heterocycles. The number of aromatic hydroxyl groups is 1. The highest BCUT2D eigenvalue weighted by Gasteiger charge is 2.37. The molecular formula is C22H20N4O4S2. The molecule has 2 heterocycles. The fourth-order valence-corrected chi connectivity index (χ4v) is 5.23. The summed E-state index contributed by atoms with van der Waals surface area (Å²) in [5, 5.41) is 28.8. The molecule has 0 bridgehead atoms. The highest BCUT2D eigenvalue weighted by molar-refractivity contribution is 8.03. The first-order valence-electron chi connectivity index (χ1n) is 9.88. The Balaban J connectivity index is 1.68. The first kappa shape index (κ1) is 21.9. The van der Waals surface area contributed by atoms with E-state index in [4.69, 9.17) is 4.74 Å². The van der Waals surface area contributed by atoms with Gasteiger partial charge in [-0.3, -0.25) is 9.59 Å². The van der Waals surface area contributed by atoms with Crippen molar-refractivity contribution in [3.63, 3.8) is 0 Å². The second kappa shape index (κ2) is 9.46. The van der Waals surface area contributed by atoms with E-state index in [1.807, 2.05) is 0 Å². The molecule has 32 heavy (non-hydrogen) atoms. The number of phenolic OH excluding ortho intramolecular Hbond substituents is 1. The number of methoxy groups -OCH3 is 1. The number of allylic oxidation sites excluding steroid dienone is 3. The molecule has 3 N–H and O–H groups in total. The fraction of sp³-hybridized carbons (Fsp3) is 0.273. The van der Waals surface area contributed by atoms with Crippen molar-refractivity contribution in [1.82, 2.24) is 10.3 Å². The Bertz CT molecular complexity index is 1170. The van der Waals surface area contributed by atoms with Crippen molar-refractivity contribution in [2.45, 2.75) is 25.2 Å². The molecule has 8 nitrogen and oxygen atoms in total. The van der Waals surface area contributed by atoms with Gasteiger partial charge in [-0.25, -0.2) is 4.98 Å². The number of thiazole rings is 1. The van der Waals surface area contributed by atoms with E-state index in [1.165, 1.54) is 36.3 Å². The number of anilines is 1. The maximum Gasteiger partial charge on any atom is 0.236 e. The fourth-order valence-electron chi connectivity index (χ4n) is 3.82. The summed E-state index contributed by atoms with van der Waals surface area (Å²) in [5.41, 5.74) is 2.38. The lowest BCUT2D eigenvalue weighted by Gasteiger charge is -2.33. The summed E-state index contributed by atoms with van der Waals surface area (Å²) in [6, 6.07) is 7.07. The third-order valence-corrected chi connectivity index (χ3v) is 6.93. The van der Waals surface area contributed by atoms with Crippen LogP contribution in [0.25, 0.3) is 0 Å². The van der Waals surface area contributed by atoms with Crippen molar-refractivity contribution in [2.75, 3.05) is 18.2 Å². The summed E-state index contributed by atoms with van der Waals surface area (Å²) in [7, 11) is 1.45. The second-order valence-corrected chi connectivity index (χ2v) is 9.07. The molecule has 2 aliphatic rings. The Morgan fingerprint density at radius 3 is 3.03 bits per heavy atom. The molecule has 0 saturated heterocycles. The minimum absolute atomic E-state index is 0.00546. The van der Waals surface area contributed by atoms with Gasteiger partial charge in [0.2, 0.25) is 5.91 Å². The Morgan fingerprint density at radius 1 is 1.47 bits per heavy atom. The van der Waals surface area contributed by atoms with E-state index in [0.717, 1.165) is 12.1 Å². The number of aromatic nitrogens is 1. The first-order chi connectivity index (χ1) is 15.5. The summed E-state index contributed by atoms with van der Waals surface area (Å²) in [6.07, 6.45) is 3.43. The molecule has 1 aromatic heterocycles. The van der Waals surface area contributed by atoms with Crippen molar-refractivity contribution in [2.24, 2.45) is 0 Å². The largest absolute Gasteiger partial charge is 0.504 e. The van der Waals surface area contributed by atoms with Crippen molar-refractivity contribution in [3.8, 4) is 17.6 Å². The molecule has 4 rings (SSSR count). The number of nitrogens with zero attached hydrogens (tertiary/aromatic N) is 2. The Morgan fingerprint density at radius 2 is 2.31 bits per heavy atom. The molecule has 1 amide bonds. The summed E-state index contributed by atoms with van der Waals surface area (Å²) in [6.45, 7) is 0. The van der Waals surface area contributed by atoms with Crippen LogP contribution in [0.4, 0.5) is 5.13 Å². The SMILES string of the molecule is COc1cc([C@@H]2C(C#N)=C(SCC(=O)Nc3nccs3)NC3=C2C(=O)CCC3)ccc1O. The van der Waals surface area contributed by atoms with Crippen LogP contribution in [0.2, 0.25) is 0 Å². The number of dihydropyridines is 1. The topological polar surface area (TPSA) is 124 Å². The van der Waals surface area contributed by atoms with Gasteiger partial charge in [0.1, 0.15) is 0 Å². The molecule has 1 aliphatic carbocycles. The molecule has 0 fully saturated rings. The number of thioether (sulfide) groups is 1. The number of nitriles is 1. The van der Waals surface area contributed by atoms with Crippen LogP contribution in [0.3, 0.4) is 0 Å². The van der Waals surface area contributed by atoms with Crippen LogP contribution in [0.1, 0.15) is 30.7 Å². The molecule has 0 saturated carbocycles. The number of hydrogen-bond donors (Lipinski definition) is 3. The number of ether oxygens (including phenoxy) is 1. The van der Waals surface area contributed by atoms with E-state index in [-0.39, 0.29) is 28.9 Å². The summed E-state index contributed by atoms with van der Waals surface area (Å²) in [5.74, 6) is -0.517. The molecule has 164 valence electrons. The van der Waals surface area contributed by atoms with E-state index < -0.39 is 5.92 Å². The number of rotatable bonds is 6. The van der Waals surface area contributed by atoms with Gasteiger partial charge in [0, 0.05) is 29.3 Å².